The lowest BCUT2D eigenvalue weighted by Gasteiger charge is -2.25. The molecule has 5 rings (SSSR count). The maximum atomic E-state index is 9.69. The molecule has 0 saturated carbocycles. The zero-order valence-electron chi connectivity index (χ0n) is 16.8. The molecule has 3 aromatic carbocycles. The van der Waals surface area contributed by atoms with Crippen LogP contribution in [0.25, 0.3) is 22.3 Å². The third kappa shape index (κ3) is 3.94. The summed E-state index contributed by atoms with van der Waals surface area (Å²) in [5.74, 6) is 1.75. The first-order chi connectivity index (χ1) is 15.3. The smallest absolute Gasteiger partial charge is 0.162 e. The number of phenols is 1. The number of phenolic OH excluding ortho intramolecular Hbond substituents is 1. The van der Waals surface area contributed by atoms with E-state index in [-0.39, 0.29) is 5.75 Å². The zero-order chi connectivity index (χ0) is 21.0. The van der Waals surface area contributed by atoms with Gasteiger partial charge in [-0.25, -0.2) is 9.97 Å². The van der Waals surface area contributed by atoms with Gasteiger partial charge in [0.1, 0.15) is 11.6 Å². The standard InChI is InChI=1S/C26H20N4O/c31-22-12-10-19(11-13-22)18-30(21-14-16-27-17-15-21)26-23-8-4-5-9-24(23)28-25(29-26)20-6-2-1-3-7-20/h1-17,31H,18H2. The molecule has 0 aliphatic rings. The van der Waals surface area contributed by atoms with E-state index in [1.807, 2.05) is 78.9 Å². The molecular weight excluding hydrogens is 384 g/mol. The van der Waals surface area contributed by atoms with E-state index in [0.717, 1.165) is 33.5 Å². The number of hydrogen-bond donors (Lipinski definition) is 1. The number of hydrogen-bond acceptors (Lipinski definition) is 5. The van der Waals surface area contributed by atoms with E-state index in [0.29, 0.717) is 12.4 Å². The first-order valence-electron chi connectivity index (χ1n) is 10.1. The molecule has 0 aliphatic carbocycles. The van der Waals surface area contributed by atoms with Crippen molar-refractivity contribution in [2.24, 2.45) is 0 Å². The molecular formula is C26H20N4O. The Morgan fingerprint density at radius 1 is 0.710 bits per heavy atom. The van der Waals surface area contributed by atoms with Crippen LogP contribution in [0.3, 0.4) is 0 Å². The summed E-state index contributed by atoms with van der Waals surface area (Å²) in [6.07, 6.45) is 3.56. The van der Waals surface area contributed by atoms with E-state index in [4.69, 9.17) is 9.97 Å². The summed E-state index contributed by atoms with van der Waals surface area (Å²) in [7, 11) is 0. The molecule has 5 aromatic rings. The highest BCUT2D eigenvalue weighted by molar-refractivity contribution is 5.93. The van der Waals surface area contributed by atoms with Crippen molar-refractivity contribution in [3.8, 4) is 17.1 Å². The van der Waals surface area contributed by atoms with Crippen molar-refractivity contribution >= 4 is 22.4 Å². The van der Waals surface area contributed by atoms with Crippen molar-refractivity contribution < 1.29 is 5.11 Å². The van der Waals surface area contributed by atoms with Crippen molar-refractivity contribution in [3.63, 3.8) is 0 Å². The van der Waals surface area contributed by atoms with Crippen LogP contribution >= 0.6 is 0 Å². The second kappa shape index (κ2) is 8.24. The summed E-state index contributed by atoms with van der Waals surface area (Å²) >= 11 is 0. The van der Waals surface area contributed by atoms with Crippen LogP contribution < -0.4 is 4.90 Å². The minimum absolute atomic E-state index is 0.248. The lowest BCUT2D eigenvalue weighted by atomic mass is 10.1. The van der Waals surface area contributed by atoms with Crippen LogP contribution in [0.5, 0.6) is 5.75 Å². The molecule has 1 N–H and O–H groups in total. The number of pyridine rings is 1. The van der Waals surface area contributed by atoms with E-state index >= 15 is 0 Å². The maximum absolute atomic E-state index is 9.69. The van der Waals surface area contributed by atoms with Crippen LogP contribution in [0.4, 0.5) is 11.5 Å². The van der Waals surface area contributed by atoms with Crippen LogP contribution in [-0.4, -0.2) is 20.1 Å². The van der Waals surface area contributed by atoms with E-state index in [2.05, 4.69) is 9.88 Å². The van der Waals surface area contributed by atoms with Gasteiger partial charge >= 0.3 is 0 Å². The fraction of sp³-hybridized carbons (Fsp3) is 0.0385. The van der Waals surface area contributed by atoms with Gasteiger partial charge in [-0.1, -0.05) is 54.6 Å². The second-order valence-corrected chi connectivity index (χ2v) is 7.21. The van der Waals surface area contributed by atoms with Crippen molar-refractivity contribution in [2.45, 2.75) is 6.54 Å². The number of anilines is 2. The lowest BCUT2D eigenvalue weighted by Crippen LogP contribution is -2.19. The molecule has 0 saturated heterocycles. The zero-order valence-corrected chi connectivity index (χ0v) is 16.8. The lowest BCUT2D eigenvalue weighted by molar-refractivity contribution is 0.475. The van der Waals surface area contributed by atoms with Gasteiger partial charge in [0.25, 0.3) is 0 Å². The third-order valence-corrected chi connectivity index (χ3v) is 5.12. The topological polar surface area (TPSA) is 62.1 Å². The van der Waals surface area contributed by atoms with Gasteiger partial charge in [0.05, 0.1) is 5.52 Å². The van der Waals surface area contributed by atoms with Crippen LogP contribution in [0, 0.1) is 0 Å². The molecule has 0 amide bonds. The predicted octanol–water partition coefficient (Wildman–Crippen LogP) is 5.74. The molecule has 2 heterocycles. The molecule has 0 atom stereocenters. The molecule has 0 bridgehead atoms. The van der Waals surface area contributed by atoms with Crippen molar-refractivity contribution in [2.75, 3.05) is 4.90 Å². The normalized spacial score (nSPS) is 10.8. The summed E-state index contributed by atoms with van der Waals surface area (Å²) in [5, 5.41) is 10.7. The minimum atomic E-state index is 0.248. The summed E-state index contributed by atoms with van der Waals surface area (Å²) in [6.45, 7) is 0.583. The fourth-order valence-electron chi connectivity index (χ4n) is 3.58. The number of nitrogens with zero attached hydrogens (tertiary/aromatic N) is 4. The number of aromatic hydroxyl groups is 1. The molecule has 5 nitrogen and oxygen atoms in total. The average molecular weight is 404 g/mol. The molecule has 0 radical (unpaired) electrons. The Kier molecular flexibility index (Phi) is 4.99. The highest BCUT2D eigenvalue weighted by Gasteiger charge is 2.18. The maximum Gasteiger partial charge on any atom is 0.162 e. The van der Waals surface area contributed by atoms with Gasteiger partial charge in [0.2, 0.25) is 0 Å². The monoisotopic (exact) mass is 404 g/mol. The summed E-state index contributed by atoms with van der Waals surface area (Å²) in [6, 6.07) is 29.2. The van der Waals surface area contributed by atoms with Gasteiger partial charge < -0.3 is 10.0 Å². The second-order valence-electron chi connectivity index (χ2n) is 7.21. The Hall–Kier alpha value is -4.25. The molecule has 5 heteroatoms. The number of para-hydroxylation sites is 1. The van der Waals surface area contributed by atoms with Crippen LogP contribution in [0.2, 0.25) is 0 Å². The van der Waals surface area contributed by atoms with Gasteiger partial charge in [-0.2, -0.15) is 0 Å². The van der Waals surface area contributed by atoms with Crippen LogP contribution in [0.15, 0.2) is 103 Å². The summed E-state index contributed by atoms with van der Waals surface area (Å²) in [4.78, 5) is 16.2. The number of benzene rings is 3. The van der Waals surface area contributed by atoms with Gasteiger partial charge in [0.15, 0.2) is 5.82 Å². The van der Waals surface area contributed by atoms with Gasteiger partial charge in [-0.15, -0.1) is 0 Å². The molecule has 0 unspecified atom stereocenters. The molecule has 0 aliphatic heterocycles. The highest BCUT2D eigenvalue weighted by atomic mass is 16.3. The Labute approximate surface area is 180 Å². The fourth-order valence-corrected chi connectivity index (χ4v) is 3.58. The number of fused-ring (bicyclic) bond motifs is 1. The van der Waals surface area contributed by atoms with Crippen molar-refractivity contribution in [1.29, 1.82) is 0 Å². The van der Waals surface area contributed by atoms with E-state index < -0.39 is 0 Å². The van der Waals surface area contributed by atoms with Gasteiger partial charge in [-0.3, -0.25) is 4.98 Å². The van der Waals surface area contributed by atoms with Crippen LogP contribution in [0.1, 0.15) is 5.56 Å². The summed E-state index contributed by atoms with van der Waals surface area (Å²) < 4.78 is 0. The van der Waals surface area contributed by atoms with Crippen LogP contribution in [-0.2, 0) is 6.54 Å². The highest BCUT2D eigenvalue weighted by Crippen LogP contribution is 2.33. The van der Waals surface area contributed by atoms with Gasteiger partial charge in [-0.05, 0) is 42.0 Å². The molecule has 0 spiro atoms. The molecule has 0 fully saturated rings. The van der Waals surface area contributed by atoms with Gasteiger partial charge in [0, 0.05) is 35.6 Å². The number of aromatic nitrogens is 3. The average Bonchev–Trinajstić information content (AvgIpc) is 2.84. The number of rotatable bonds is 5. The Morgan fingerprint density at radius 2 is 1.42 bits per heavy atom. The third-order valence-electron chi connectivity index (χ3n) is 5.12. The quantitative estimate of drug-likeness (QED) is 0.405. The van der Waals surface area contributed by atoms with Crippen molar-refractivity contribution in [3.05, 3.63) is 109 Å². The Morgan fingerprint density at radius 3 is 2.19 bits per heavy atom. The molecule has 150 valence electrons. The SMILES string of the molecule is Oc1ccc(CN(c2ccncc2)c2nc(-c3ccccc3)nc3ccccc23)cc1. The molecule has 2 aromatic heterocycles. The Balaban J connectivity index is 1.71. The Bertz CT molecular complexity index is 1310. The minimum Gasteiger partial charge on any atom is -0.508 e. The predicted molar refractivity (Wildman–Crippen MR) is 123 cm³/mol. The largest absolute Gasteiger partial charge is 0.508 e. The summed E-state index contributed by atoms with van der Waals surface area (Å²) in [5.41, 5.74) is 3.88. The van der Waals surface area contributed by atoms with Crippen molar-refractivity contribution in [1.82, 2.24) is 15.0 Å². The first-order valence-corrected chi connectivity index (χ1v) is 10.1. The van der Waals surface area contributed by atoms with E-state index in [9.17, 15) is 5.11 Å². The van der Waals surface area contributed by atoms with E-state index in [1.165, 1.54) is 0 Å². The van der Waals surface area contributed by atoms with E-state index in [1.54, 1.807) is 24.5 Å². The first kappa shape index (κ1) is 18.8. The molecule has 31 heavy (non-hydrogen) atoms.